The lowest BCUT2D eigenvalue weighted by molar-refractivity contribution is 0.0919. The summed E-state index contributed by atoms with van der Waals surface area (Å²) in [5.41, 5.74) is 2.80. The Hall–Kier alpha value is -4.18. The molecule has 1 saturated carbocycles. The number of hydrogen-bond donors (Lipinski definition) is 3. The Morgan fingerprint density at radius 1 is 0.974 bits per heavy atom. The van der Waals surface area contributed by atoms with E-state index >= 15 is 0 Å². The summed E-state index contributed by atoms with van der Waals surface area (Å²) in [6.07, 6.45) is 6.45. The molecule has 10 nitrogen and oxygen atoms in total. The Morgan fingerprint density at radius 3 is 2.38 bits per heavy atom. The van der Waals surface area contributed by atoms with Crippen LogP contribution in [0.25, 0.3) is 16.7 Å². The van der Waals surface area contributed by atoms with Crippen molar-refractivity contribution >= 4 is 40.3 Å². The third-order valence-corrected chi connectivity index (χ3v) is 7.47. The number of rotatable bonds is 7. The van der Waals surface area contributed by atoms with E-state index in [-0.39, 0.29) is 29.2 Å². The van der Waals surface area contributed by atoms with E-state index in [0.717, 1.165) is 36.7 Å². The maximum atomic E-state index is 13.6. The third kappa shape index (κ3) is 5.37. The number of amides is 2. The van der Waals surface area contributed by atoms with Crippen LogP contribution in [0, 0.1) is 5.92 Å². The molecule has 11 heteroatoms. The summed E-state index contributed by atoms with van der Waals surface area (Å²) in [6, 6.07) is 12.7. The molecule has 3 N–H and O–H groups in total. The molecule has 1 fully saturated rings. The second kappa shape index (κ2) is 11.3. The average molecular weight is 548 g/mol. The summed E-state index contributed by atoms with van der Waals surface area (Å²) in [5.74, 6) is 0.298. The van der Waals surface area contributed by atoms with E-state index in [1.807, 2.05) is 28.8 Å². The van der Waals surface area contributed by atoms with Crippen LogP contribution in [0.2, 0.25) is 5.02 Å². The molecule has 202 valence electrons. The molecular formula is C28H30ClN7O3. The van der Waals surface area contributed by atoms with Gasteiger partial charge in [-0.25, -0.2) is 14.8 Å². The van der Waals surface area contributed by atoms with E-state index in [1.54, 1.807) is 43.1 Å². The predicted octanol–water partition coefficient (Wildman–Crippen LogP) is 3.63. The Labute approximate surface area is 230 Å². The van der Waals surface area contributed by atoms with Gasteiger partial charge in [0.15, 0.2) is 0 Å². The van der Waals surface area contributed by atoms with E-state index in [4.69, 9.17) is 11.6 Å². The normalized spacial score (nSPS) is 17.1. The lowest BCUT2D eigenvalue weighted by Gasteiger charge is -2.29. The first-order chi connectivity index (χ1) is 18.9. The molecule has 0 atom stereocenters. The quantitative estimate of drug-likeness (QED) is 0.325. The monoisotopic (exact) mass is 547 g/mol. The number of imidazole rings is 1. The number of nitrogens with zero attached hydrogens (tertiary/aromatic N) is 4. The van der Waals surface area contributed by atoms with Crippen molar-refractivity contribution in [1.29, 1.82) is 0 Å². The smallest absolute Gasteiger partial charge is 0.333 e. The van der Waals surface area contributed by atoms with Crippen LogP contribution < -0.4 is 21.6 Å². The highest BCUT2D eigenvalue weighted by atomic mass is 35.5. The second-order valence-corrected chi connectivity index (χ2v) is 10.1. The van der Waals surface area contributed by atoms with Gasteiger partial charge < -0.3 is 16.0 Å². The van der Waals surface area contributed by atoms with Crippen LogP contribution in [0.4, 0.5) is 5.82 Å². The summed E-state index contributed by atoms with van der Waals surface area (Å²) in [4.78, 5) is 46.8. The fraction of sp³-hybridized carbons (Fsp3) is 0.321. The standard InChI is InChI=1S/C28H30ClN7O3/c1-30-25-21(13-18(29)14-33-25)26(37)34-19-9-7-17(8-10-19)16-35-23-5-3-4-6-24(23)36(28(35)39)20-11-12-22(32-15-20)27(38)31-2/h3-6,11-15,17,19H,7-10,16H2,1-2H3,(H,30,33)(H,31,38)(H,34,37)/t17-,19-. The van der Waals surface area contributed by atoms with Crippen molar-refractivity contribution in [3.63, 3.8) is 0 Å². The SMILES string of the molecule is CNC(=O)c1ccc(-n2c(=O)n(C[C@H]3CC[C@H](NC(=O)c4cc(Cl)cnc4NC)CC3)c3ccccc32)cn1. The maximum Gasteiger partial charge on any atom is 0.333 e. The first-order valence-corrected chi connectivity index (χ1v) is 13.3. The fourth-order valence-electron chi connectivity index (χ4n) is 5.24. The van der Waals surface area contributed by atoms with Crippen LogP contribution in [0.15, 0.2) is 59.7 Å². The minimum atomic E-state index is -0.283. The van der Waals surface area contributed by atoms with Gasteiger partial charge in [0, 0.05) is 32.9 Å². The largest absolute Gasteiger partial charge is 0.372 e. The molecule has 0 spiro atoms. The number of pyridine rings is 2. The Kier molecular flexibility index (Phi) is 7.65. The molecule has 3 aromatic heterocycles. The molecule has 5 rings (SSSR count). The number of fused-ring (bicyclic) bond motifs is 1. The minimum Gasteiger partial charge on any atom is -0.372 e. The van der Waals surface area contributed by atoms with Gasteiger partial charge in [0.05, 0.1) is 33.5 Å². The van der Waals surface area contributed by atoms with Gasteiger partial charge >= 0.3 is 5.69 Å². The van der Waals surface area contributed by atoms with Gasteiger partial charge in [0.1, 0.15) is 11.5 Å². The number of benzene rings is 1. The molecule has 0 saturated heterocycles. The van der Waals surface area contributed by atoms with Crippen molar-refractivity contribution in [2.45, 2.75) is 38.3 Å². The van der Waals surface area contributed by atoms with E-state index in [2.05, 4.69) is 25.9 Å². The zero-order chi connectivity index (χ0) is 27.5. The van der Waals surface area contributed by atoms with Gasteiger partial charge in [0.25, 0.3) is 11.8 Å². The summed E-state index contributed by atoms with van der Waals surface area (Å²) in [6.45, 7) is 0.582. The average Bonchev–Trinajstić information content (AvgIpc) is 3.24. The third-order valence-electron chi connectivity index (χ3n) is 7.26. The van der Waals surface area contributed by atoms with Crippen molar-refractivity contribution in [2.24, 2.45) is 5.92 Å². The highest BCUT2D eigenvalue weighted by Crippen LogP contribution is 2.28. The number of aromatic nitrogens is 4. The van der Waals surface area contributed by atoms with E-state index in [1.165, 1.54) is 6.20 Å². The molecule has 1 aromatic carbocycles. The molecule has 0 bridgehead atoms. The fourth-order valence-corrected chi connectivity index (χ4v) is 5.40. The van der Waals surface area contributed by atoms with Crippen molar-refractivity contribution in [3.05, 3.63) is 81.6 Å². The van der Waals surface area contributed by atoms with E-state index < -0.39 is 0 Å². The van der Waals surface area contributed by atoms with Gasteiger partial charge in [-0.15, -0.1) is 0 Å². The van der Waals surface area contributed by atoms with Crippen molar-refractivity contribution in [2.75, 3.05) is 19.4 Å². The summed E-state index contributed by atoms with van der Waals surface area (Å²) < 4.78 is 3.46. The van der Waals surface area contributed by atoms with Gasteiger partial charge in [-0.1, -0.05) is 23.7 Å². The van der Waals surface area contributed by atoms with Gasteiger partial charge in [-0.05, 0) is 61.9 Å². The number of halogens is 1. The first-order valence-electron chi connectivity index (χ1n) is 12.9. The molecule has 39 heavy (non-hydrogen) atoms. The maximum absolute atomic E-state index is 13.6. The van der Waals surface area contributed by atoms with Crippen LogP contribution in [-0.2, 0) is 6.54 Å². The zero-order valence-corrected chi connectivity index (χ0v) is 22.5. The molecule has 1 aliphatic rings. The topological polar surface area (TPSA) is 123 Å². The summed E-state index contributed by atoms with van der Waals surface area (Å²) >= 11 is 6.06. The molecular weight excluding hydrogens is 518 g/mol. The molecule has 1 aliphatic carbocycles. The minimum absolute atomic E-state index is 0.0420. The number of carbonyl (C=O) groups excluding carboxylic acids is 2. The Morgan fingerprint density at radius 2 is 1.72 bits per heavy atom. The van der Waals surface area contributed by atoms with Crippen molar-refractivity contribution in [3.8, 4) is 5.69 Å². The molecule has 4 aromatic rings. The highest BCUT2D eigenvalue weighted by molar-refractivity contribution is 6.31. The molecule has 3 heterocycles. The highest BCUT2D eigenvalue weighted by Gasteiger charge is 2.26. The van der Waals surface area contributed by atoms with Crippen LogP contribution in [-0.4, -0.2) is 51.1 Å². The van der Waals surface area contributed by atoms with Gasteiger partial charge in [-0.2, -0.15) is 0 Å². The van der Waals surface area contributed by atoms with Crippen LogP contribution in [0.5, 0.6) is 0 Å². The molecule has 2 amide bonds. The molecule has 0 aliphatic heterocycles. The zero-order valence-electron chi connectivity index (χ0n) is 21.8. The van der Waals surface area contributed by atoms with Crippen molar-refractivity contribution < 1.29 is 9.59 Å². The van der Waals surface area contributed by atoms with Crippen LogP contribution >= 0.6 is 11.6 Å². The molecule has 0 unspecified atom stereocenters. The first kappa shape index (κ1) is 26.4. The Bertz CT molecular complexity index is 1570. The van der Waals surface area contributed by atoms with Crippen LogP contribution in [0.3, 0.4) is 0 Å². The number of para-hydroxylation sites is 2. The van der Waals surface area contributed by atoms with Crippen molar-refractivity contribution in [1.82, 2.24) is 29.7 Å². The van der Waals surface area contributed by atoms with Gasteiger partial charge in [-0.3, -0.25) is 18.7 Å². The lowest BCUT2D eigenvalue weighted by Crippen LogP contribution is -2.39. The molecule has 0 radical (unpaired) electrons. The summed E-state index contributed by atoms with van der Waals surface area (Å²) in [5, 5.41) is 9.01. The van der Waals surface area contributed by atoms with E-state index in [9.17, 15) is 14.4 Å². The van der Waals surface area contributed by atoms with E-state index in [0.29, 0.717) is 34.6 Å². The number of anilines is 1. The van der Waals surface area contributed by atoms with Gasteiger partial charge in [0.2, 0.25) is 0 Å². The predicted molar refractivity (Wildman–Crippen MR) is 151 cm³/mol. The van der Waals surface area contributed by atoms with Crippen LogP contribution in [0.1, 0.15) is 46.5 Å². The number of carbonyl (C=O) groups is 2. The number of nitrogens with one attached hydrogen (secondary N) is 3. The summed E-state index contributed by atoms with van der Waals surface area (Å²) in [7, 11) is 3.27. The number of hydrogen-bond acceptors (Lipinski definition) is 6. The lowest BCUT2D eigenvalue weighted by atomic mass is 9.85. The Balaban J connectivity index is 1.30. The second-order valence-electron chi connectivity index (χ2n) is 9.69.